The van der Waals surface area contributed by atoms with Crippen LogP contribution in [0.2, 0.25) is 0 Å². The summed E-state index contributed by atoms with van der Waals surface area (Å²) in [5.41, 5.74) is 3.35. The fourth-order valence-electron chi connectivity index (χ4n) is 1.92. The van der Waals surface area contributed by atoms with Gasteiger partial charge in [-0.15, -0.1) is 0 Å². The molecule has 0 bridgehead atoms. The molecule has 0 radical (unpaired) electrons. The molecular formula is C14H18BrN3O. The monoisotopic (exact) mass is 323 g/mol. The van der Waals surface area contributed by atoms with Gasteiger partial charge in [-0.2, -0.15) is 5.10 Å². The molecule has 0 unspecified atom stereocenters. The van der Waals surface area contributed by atoms with E-state index in [1.165, 1.54) is 5.56 Å². The van der Waals surface area contributed by atoms with Crippen molar-refractivity contribution >= 4 is 15.9 Å². The van der Waals surface area contributed by atoms with Gasteiger partial charge in [0.15, 0.2) is 0 Å². The molecule has 0 aliphatic rings. The number of hydrogen-bond donors (Lipinski definition) is 1. The first-order chi connectivity index (χ1) is 9.20. The van der Waals surface area contributed by atoms with Crippen molar-refractivity contribution in [3.05, 3.63) is 40.5 Å². The van der Waals surface area contributed by atoms with Crippen molar-refractivity contribution in [3.8, 4) is 11.3 Å². The van der Waals surface area contributed by atoms with Crippen molar-refractivity contribution in [2.24, 2.45) is 7.05 Å². The summed E-state index contributed by atoms with van der Waals surface area (Å²) < 4.78 is 7.95. The lowest BCUT2D eigenvalue weighted by Crippen LogP contribution is -2.18. The number of halogens is 1. The van der Waals surface area contributed by atoms with E-state index in [-0.39, 0.29) is 0 Å². The van der Waals surface area contributed by atoms with E-state index in [0.29, 0.717) is 6.61 Å². The SMILES string of the molecule is COCCNCc1cn(C)nc1-c1ccc(Br)cc1. The summed E-state index contributed by atoms with van der Waals surface area (Å²) >= 11 is 3.45. The summed E-state index contributed by atoms with van der Waals surface area (Å²) in [5, 5.41) is 7.89. The van der Waals surface area contributed by atoms with Crippen LogP contribution >= 0.6 is 15.9 Å². The molecule has 1 N–H and O–H groups in total. The van der Waals surface area contributed by atoms with Gasteiger partial charge in [-0.1, -0.05) is 28.1 Å². The number of nitrogens with zero attached hydrogens (tertiary/aromatic N) is 2. The second-order valence-corrected chi connectivity index (χ2v) is 5.27. The maximum Gasteiger partial charge on any atom is 0.0967 e. The van der Waals surface area contributed by atoms with Gasteiger partial charge in [-0.05, 0) is 12.1 Å². The Morgan fingerprint density at radius 3 is 2.74 bits per heavy atom. The van der Waals surface area contributed by atoms with Gasteiger partial charge >= 0.3 is 0 Å². The van der Waals surface area contributed by atoms with Crippen molar-refractivity contribution in [2.45, 2.75) is 6.54 Å². The normalized spacial score (nSPS) is 10.9. The minimum atomic E-state index is 0.716. The highest BCUT2D eigenvalue weighted by Gasteiger charge is 2.09. The Balaban J connectivity index is 2.13. The van der Waals surface area contributed by atoms with Crippen molar-refractivity contribution in [1.29, 1.82) is 0 Å². The Kier molecular flexibility index (Phi) is 5.13. The largest absolute Gasteiger partial charge is 0.383 e. The quantitative estimate of drug-likeness (QED) is 0.830. The summed E-state index contributed by atoms with van der Waals surface area (Å²) in [7, 11) is 3.65. The second-order valence-electron chi connectivity index (χ2n) is 4.35. The fourth-order valence-corrected chi connectivity index (χ4v) is 2.18. The van der Waals surface area contributed by atoms with Gasteiger partial charge in [0.2, 0.25) is 0 Å². The fraction of sp³-hybridized carbons (Fsp3) is 0.357. The third-order valence-electron chi connectivity index (χ3n) is 2.82. The second kappa shape index (κ2) is 6.84. The van der Waals surface area contributed by atoms with Gasteiger partial charge in [0.25, 0.3) is 0 Å². The summed E-state index contributed by atoms with van der Waals surface area (Å²) in [6.45, 7) is 2.35. The Labute approximate surface area is 121 Å². The van der Waals surface area contributed by atoms with Gasteiger partial charge in [-0.3, -0.25) is 4.68 Å². The molecular weight excluding hydrogens is 306 g/mol. The summed E-state index contributed by atoms with van der Waals surface area (Å²) in [4.78, 5) is 0. The zero-order chi connectivity index (χ0) is 13.7. The molecule has 0 atom stereocenters. The van der Waals surface area contributed by atoms with Crippen molar-refractivity contribution in [3.63, 3.8) is 0 Å². The maximum atomic E-state index is 5.02. The molecule has 0 aliphatic carbocycles. The highest BCUT2D eigenvalue weighted by atomic mass is 79.9. The average Bonchev–Trinajstić information content (AvgIpc) is 2.77. The third-order valence-corrected chi connectivity index (χ3v) is 3.35. The maximum absolute atomic E-state index is 5.02. The third kappa shape index (κ3) is 3.89. The van der Waals surface area contributed by atoms with E-state index in [4.69, 9.17) is 4.74 Å². The van der Waals surface area contributed by atoms with Crippen LogP contribution in [0.25, 0.3) is 11.3 Å². The lowest BCUT2D eigenvalue weighted by Gasteiger charge is -2.05. The van der Waals surface area contributed by atoms with Crippen LogP contribution in [-0.2, 0) is 18.3 Å². The van der Waals surface area contributed by atoms with Crippen LogP contribution in [-0.4, -0.2) is 30.0 Å². The lowest BCUT2D eigenvalue weighted by atomic mass is 10.1. The molecule has 1 aromatic heterocycles. The summed E-state index contributed by atoms with van der Waals surface area (Å²) in [5.74, 6) is 0. The molecule has 1 heterocycles. The van der Waals surface area contributed by atoms with E-state index < -0.39 is 0 Å². The Morgan fingerprint density at radius 2 is 2.05 bits per heavy atom. The molecule has 102 valence electrons. The average molecular weight is 324 g/mol. The molecule has 2 rings (SSSR count). The van der Waals surface area contributed by atoms with Crippen LogP contribution in [0.3, 0.4) is 0 Å². The zero-order valence-electron chi connectivity index (χ0n) is 11.2. The minimum absolute atomic E-state index is 0.716. The number of aryl methyl sites for hydroxylation is 1. The molecule has 4 nitrogen and oxygen atoms in total. The van der Waals surface area contributed by atoms with Gasteiger partial charge in [0.05, 0.1) is 12.3 Å². The van der Waals surface area contributed by atoms with Gasteiger partial charge in [0.1, 0.15) is 0 Å². The van der Waals surface area contributed by atoms with Gasteiger partial charge < -0.3 is 10.1 Å². The molecule has 0 amide bonds. The molecule has 1 aromatic carbocycles. The number of hydrogen-bond acceptors (Lipinski definition) is 3. The smallest absolute Gasteiger partial charge is 0.0967 e. The first kappa shape index (κ1) is 14.2. The summed E-state index contributed by atoms with van der Waals surface area (Å²) in [6, 6.07) is 8.22. The van der Waals surface area contributed by atoms with E-state index in [2.05, 4.69) is 44.7 Å². The van der Waals surface area contributed by atoms with Gasteiger partial charge in [0, 0.05) is 49.0 Å². The van der Waals surface area contributed by atoms with Crippen LogP contribution in [0.15, 0.2) is 34.9 Å². The summed E-state index contributed by atoms with van der Waals surface area (Å²) in [6.07, 6.45) is 2.05. The number of aromatic nitrogens is 2. The first-order valence-electron chi connectivity index (χ1n) is 6.19. The Morgan fingerprint density at radius 1 is 1.32 bits per heavy atom. The minimum Gasteiger partial charge on any atom is -0.383 e. The number of benzene rings is 1. The highest BCUT2D eigenvalue weighted by molar-refractivity contribution is 9.10. The Hall–Kier alpha value is -1.17. The van der Waals surface area contributed by atoms with Crippen LogP contribution in [0.1, 0.15) is 5.56 Å². The van der Waals surface area contributed by atoms with Crippen LogP contribution in [0.5, 0.6) is 0 Å². The zero-order valence-corrected chi connectivity index (χ0v) is 12.8. The first-order valence-corrected chi connectivity index (χ1v) is 6.98. The molecule has 19 heavy (non-hydrogen) atoms. The van der Waals surface area contributed by atoms with Crippen LogP contribution in [0, 0.1) is 0 Å². The van der Waals surface area contributed by atoms with Crippen molar-refractivity contribution in [2.75, 3.05) is 20.3 Å². The number of methoxy groups -OCH3 is 1. The van der Waals surface area contributed by atoms with E-state index >= 15 is 0 Å². The Bertz CT molecular complexity index is 522. The predicted octanol–water partition coefficient (Wildman–Crippen LogP) is 2.59. The highest BCUT2D eigenvalue weighted by Crippen LogP contribution is 2.23. The van der Waals surface area contributed by atoms with Crippen LogP contribution in [0.4, 0.5) is 0 Å². The molecule has 0 spiro atoms. The number of ether oxygens (including phenoxy) is 1. The number of rotatable bonds is 6. The van der Waals surface area contributed by atoms with E-state index in [9.17, 15) is 0 Å². The topological polar surface area (TPSA) is 39.1 Å². The molecule has 0 saturated heterocycles. The van der Waals surface area contributed by atoms with Crippen molar-refractivity contribution < 1.29 is 4.74 Å². The van der Waals surface area contributed by atoms with E-state index in [1.807, 2.05) is 23.9 Å². The molecule has 2 aromatic rings. The standard InChI is InChI=1S/C14H18BrN3O/c1-18-10-12(9-16-7-8-19-2)14(17-18)11-3-5-13(15)6-4-11/h3-6,10,16H,7-9H2,1-2H3. The molecule has 0 saturated carbocycles. The predicted molar refractivity (Wildman–Crippen MR) is 79.9 cm³/mol. The van der Waals surface area contributed by atoms with Crippen molar-refractivity contribution in [1.82, 2.24) is 15.1 Å². The van der Waals surface area contributed by atoms with E-state index in [0.717, 1.165) is 28.8 Å². The molecule has 5 heteroatoms. The lowest BCUT2D eigenvalue weighted by molar-refractivity contribution is 0.199. The number of nitrogens with one attached hydrogen (secondary N) is 1. The van der Waals surface area contributed by atoms with Gasteiger partial charge in [-0.25, -0.2) is 0 Å². The molecule has 0 fully saturated rings. The van der Waals surface area contributed by atoms with Crippen LogP contribution < -0.4 is 5.32 Å². The molecule has 0 aliphatic heterocycles. The van der Waals surface area contributed by atoms with E-state index in [1.54, 1.807) is 7.11 Å².